The summed E-state index contributed by atoms with van der Waals surface area (Å²) in [7, 11) is 0. The number of aromatic nitrogens is 3. The predicted octanol–water partition coefficient (Wildman–Crippen LogP) is 1.96. The van der Waals surface area contributed by atoms with Crippen molar-refractivity contribution in [3.8, 4) is 5.69 Å². The predicted molar refractivity (Wildman–Crippen MR) is 99.6 cm³/mol. The molecule has 2 aromatic heterocycles. The Morgan fingerprint density at radius 3 is 2.85 bits per heavy atom. The number of H-pyrrole nitrogens is 1. The second-order valence-electron chi connectivity index (χ2n) is 6.08. The lowest BCUT2D eigenvalue weighted by molar-refractivity contribution is 0.263. The number of hydrogen-bond acceptors (Lipinski definition) is 5. The van der Waals surface area contributed by atoms with Crippen molar-refractivity contribution in [1.29, 1.82) is 0 Å². The minimum atomic E-state index is -0.496. The van der Waals surface area contributed by atoms with Gasteiger partial charge >= 0.3 is 5.69 Å². The van der Waals surface area contributed by atoms with Gasteiger partial charge in [0.25, 0.3) is 5.56 Å². The normalized spacial score (nSPS) is 13.9. The SMILES string of the molecule is O=c1[nH]c(=O)n(-c2cccc(Cl)c2)c2c1CN(Cc1cccnc1)CN2. The number of nitrogens with zero attached hydrogens (tertiary/aromatic N) is 3. The first-order chi connectivity index (χ1) is 12.6. The molecule has 3 heterocycles. The Morgan fingerprint density at radius 2 is 2.08 bits per heavy atom. The van der Waals surface area contributed by atoms with Crippen LogP contribution in [0.3, 0.4) is 0 Å². The van der Waals surface area contributed by atoms with E-state index in [1.165, 1.54) is 4.57 Å². The molecule has 0 fully saturated rings. The van der Waals surface area contributed by atoms with Gasteiger partial charge in [-0.25, -0.2) is 9.36 Å². The van der Waals surface area contributed by atoms with E-state index >= 15 is 0 Å². The van der Waals surface area contributed by atoms with Crippen molar-refractivity contribution in [3.63, 3.8) is 0 Å². The van der Waals surface area contributed by atoms with Crippen molar-refractivity contribution < 1.29 is 0 Å². The molecule has 0 spiro atoms. The molecular weight excluding hydrogens is 354 g/mol. The minimum absolute atomic E-state index is 0.383. The maximum atomic E-state index is 12.4. The molecule has 7 nitrogen and oxygen atoms in total. The van der Waals surface area contributed by atoms with Crippen molar-refractivity contribution >= 4 is 17.4 Å². The summed E-state index contributed by atoms with van der Waals surface area (Å²) in [6, 6.07) is 10.8. The first kappa shape index (κ1) is 16.6. The number of hydrogen-bond donors (Lipinski definition) is 2. The van der Waals surface area contributed by atoms with Gasteiger partial charge in [0.2, 0.25) is 0 Å². The molecule has 0 unspecified atom stereocenters. The number of anilines is 1. The first-order valence-electron chi connectivity index (χ1n) is 8.11. The number of benzene rings is 1. The summed E-state index contributed by atoms with van der Waals surface area (Å²) >= 11 is 6.05. The van der Waals surface area contributed by atoms with Gasteiger partial charge in [0, 0.05) is 30.5 Å². The number of halogens is 1. The highest BCUT2D eigenvalue weighted by Crippen LogP contribution is 2.23. The first-order valence-corrected chi connectivity index (χ1v) is 8.49. The minimum Gasteiger partial charge on any atom is -0.358 e. The Kier molecular flexibility index (Phi) is 4.32. The molecule has 132 valence electrons. The third-order valence-corrected chi connectivity index (χ3v) is 4.49. The molecule has 0 bridgehead atoms. The highest BCUT2D eigenvalue weighted by atomic mass is 35.5. The van der Waals surface area contributed by atoms with Crippen LogP contribution in [0.5, 0.6) is 0 Å². The molecule has 0 saturated carbocycles. The van der Waals surface area contributed by atoms with Gasteiger partial charge in [0.05, 0.1) is 17.9 Å². The van der Waals surface area contributed by atoms with Crippen LogP contribution in [0.4, 0.5) is 5.82 Å². The van der Waals surface area contributed by atoms with Crippen LogP contribution in [0.1, 0.15) is 11.1 Å². The zero-order chi connectivity index (χ0) is 18.1. The molecule has 8 heteroatoms. The van der Waals surface area contributed by atoms with Crippen LogP contribution in [0.25, 0.3) is 5.69 Å². The standard InChI is InChI=1S/C18H16ClN5O2/c19-13-4-1-5-14(7-13)24-16-15(17(25)22-18(24)26)10-23(11-21-16)9-12-3-2-6-20-8-12/h1-8,21H,9-11H2,(H,22,25,26). The summed E-state index contributed by atoms with van der Waals surface area (Å²) in [5.74, 6) is 0.503. The van der Waals surface area contributed by atoms with Gasteiger partial charge in [-0.15, -0.1) is 0 Å². The Labute approximate surface area is 153 Å². The lowest BCUT2D eigenvalue weighted by atomic mass is 10.2. The average molecular weight is 370 g/mol. The van der Waals surface area contributed by atoms with Crippen LogP contribution in [-0.4, -0.2) is 26.1 Å². The maximum absolute atomic E-state index is 12.4. The third-order valence-electron chi connectivity index (χ3n) is 4.25. The summed E-state index contributed by atoms with van der Waals surface area (Å²) in [5, 5.41) is 3.72. The van der Waals surface area contributed by atoms with E-state index in [0.29, 0.717) is 41.8 Å². The molecule has 2 N–H and O–H groups in total. The Bertz CT molecular complexity index is 1060. The van der Waals surface area contributed by atoms with E-state index in [0.717, 1.165) is 5.56 Å². The summed E-state index contributed by atoms with van der Waals surface area (Å²) in [6.07, 6.45) is 3.52. The van der Waals surface area contributed by atoms with E-state index in [1.54, 1.807) is 36.7 Å². The van der Waals surface area contributed by atoms with Gasteiger partial charge in [-0.2, -0.15) is 0 Å². The van der Waals surface area contributed by atoms with Gasteiger partial charge in [0.15, 0.2) is 0 Å². The van der Waals surface area contributed by atoms with Crippen molar-refractivity contribution in [2.45, 2.75) is 13.1 Å². The number of rotatable bonds is 3. The summed E-state index contributed by atoms with van der Waals surface area (Å²) in [5.41, 5.74) is 1.29. The maximum Gasteiger partial charge on any atom is 0.334 e. The summed E-state index contributed by atoms with van der Waals surface area (Å²) in [4.78, 5) is 33.3. The molecule has 1 aliphatic heterocycles. The highest BCUT2D eigenvalue weighted by Gasteiger charge is 2.23. The van der Waals surface area contributed by atoms with E-state index in [4.69, 9.17) is 11.6 Å². The van der Waals surface area contributed by atoms with Crippen LogP contribution in [-0.2, 0) is 13.1 Å². The van der Waals surface area contributed by atoms with Crippen molar-refractivity contribution in [3.05, 3.63) is 85.8 Å². The fourth-order valence-electron chi connectivity index (χ4n) is 3.09. The lowest BCUT2D eigenvalue weighted by Gasteiger charge is -2.30. The molecular formula is C18H16ClN5O2. The second kappa shape index (κ2) is 6.78. The van der Waals surface area contributed by atoms with Crippen LogP contribution in [0.2, 0.25) is 5.02 Å². The Morgan fingerprint density at radius 1 is 1.19 bits per heavy atom. The topological polar surface area (TPSA) is 83.0 Å². The van der Waals surface area contributed by atoms with Crippen LogP contribution in [0, 0.1) is 0 Å². The van der Waals surface area contributed by atoms with E-state index in [2.05, 4.69) is 20.2 Å². The van der Waals surface area contributed by atoms with E-state index in [9.17, 15) is 9.59 Å². The van der Waals surface area contributed by atoms with Crippen molar-refractivity contribution in [2.75, 3.05) is 12.0 Å². The van der Waals surface area contributed by atoms with Gasteiger partial charge in [-0.05, 0) is 29.8 Å². The third kappa shape index (κ3) is 3.14. The monoisotopic (exact) mass is 369 g/mol. The van der Waals surface area contributed by atoms with Gasteiger partial charge in [0.1, 0.15) is 5.82 Å². The molecule has 0 amide bonds. The molecule has 0 saturated heterocycles. The molecule has 26 heavy (non-hydrogen) atoms. The van der Waals surface area contributed by atoms with Crippen LogP contribution < -0.4 is 16.6 Å². The molecule has 0 atom stereocenters. The van der Waals surface area contributed by atoms with Crippen LogP contribution in [0.15, 0.2) is 58.4 Å². The van der Waals surface area contributed by atoms with Crippen molar-refractivity contribution in [1.82, 2.24) is 19.4 Å². The number of nitrogens with one attached hydrogen (secondary N) is 2. The van der Waals surface area contributed by atoms with Crippen molar-refractivity contribution in [2.24, 2.45) is 0 Å². The summed E-state index contributed by atoms with van der Waals surface area (Å²) in [6.45, 7) is 1.58. The molecule has 0 radical (unpaired) electrons. The van der Waals surface area contributed by atoms with Gasteiger partial charge < -0.3 is 5.32 Å². The zero-order valence-electron chi connectivity index (χ0n) is 13.8. The van der Waals surface area contributed by atoms with E-state index in [-0.39, 0.29) is 5.56 Å². The lowest BCUT2D eigenvalue weighted by Crippen LogP contribution is -2.42. The Balaban J connectivity index is 1.73. The molecule has 3 aromatic rings. The van der Waals surface area contributed by atoms with Gasteiger partial charge in [-0.3, -0.25) is 19.7 Å². The molecule has 1 aromatic carbocycles. The molecule has 0 aliphatic carbocycles. The fourth-order valence-corrected chi connectivity index (χ4v) is 3.28. The molecule has 1 aliphatic rings. The fraction of sp³-hybridized carbons (Fsp3) is 0.167. The number of pyridine rings is 1. The molecule has 4 rings (SSSR count). The van der Waals surface area contributed by atoms with Gasteiger partial charge in [-0.1, -0.05) is 23.7 Å². The summed E-state index contributed by atoms with van der Waals surface area (Å²) < 4.78 is 1.45. The number of fused-ring (bicyclic) bond motifs is 1. The average Bonchev–Trinajstić information content (AvgIpc) is 2.63. The van der Waals surface area contributed by atoms with E-state index < -0.39 is 5.69 Å². The smallest absolute Gasteiger partial charge is 0.334 e. The zero-order valence-corrected chi connectivity index (χ0v) is 14.5. The number of aromatic amines is 1. The quantitative estimate of drug-likeness (QED) is 0.737. The van der Waals surface area contributed by atoms with E-state index in [1.807, 2.05) is 12.1 Å². The second-order valence-corrected chi connectivity index (χ2v) is 6.52. The largest absolute Gasteiger partial charge is 0.358 e. The van der Waals surface area contributed by atoms with Crippen LogP contribution >= 0.6 is 11.6 Å². The highest BCUT2D eigenvalue weighted by molar-refractivity contribution is 6.30. The Hall–Kier alpha value is -2.90.